The summed E-state index contributed by atoms with van der Waals surface area (Å²) in [4.78, 5) is 27.9. The van der Waals surface area contributed by atoms with Gasteiger partial charge in [0.2, 0.25) is 0 Å². The van der Waals surface area contributed by atoms with E-state index in [0.717, 1.165) is 11.1 Å². The van der Waals surface area contributed by atoms with Crippen molar-refractivity contribution in [2.75, 3.05) is 14.2 Å². The molecule has 6 heteroatoms. The fraction of sp³-hybridized carbons (Fsp3) is 0.150. The summed E-state index contributed by atoms with van der Waals surface area (Å²) in [5.74, 6) is -0.650. The number of benzene rings is 2. The Kier molecular flexibility index (Phi) is 4.93. The molecule has 0 fully saturated rings. The van der Waals surface area contributed by atoms with Crippen LogP contribution < -0.4 is 4.74 Å². The highest BCUT2D eigenvalue weighted by Crippen LogP contribution is 2.32. The lowest BCUT2D eigenvalue weighted by atomic mass is 10.00. The number of aromatic nitrogens is 1. The van der Waals surface area contributed by atoms with E-state index in [-0.39, 0.29) is 17.1 Å². The Morgan fingerprint density at radius 3 is 2.50 bits per heavy atom. The Morgan fingerprint density at radius 1 is 1.15 bits per heavy atom. The third-order valence-corrected chi connectivity index (χ3v) is 4.07. The molecule has 0 bridgehead atoms. The number of hydrogen-bond donors (Lipinski definition) is 0. The van der Waals surface area contributed by atoms with Crippen LogP contribution in [0.5, 0.6) is 5.75 Å². The molecule has 0 spiro atoms. The van der Waals surface area contributed by atoms with Crippen LogP contribution in [0.3, 0.4) is 0 Å². The quantitative estimate of drug-likeness (QED) is 0.518. The minimum Gasteiger partial charge on any atom is -0.494 e. The standard InChI is InChI=1S/C20H16FNO4/c1-25-19-17(20(24)26-2)9-14(11-23)16-8-13(10-22-18(16)19)7-12-3-5-15(21)6-4-12/h3-6,8-11H,7H2,1-2H3. The summed E-state index contributed by atoms with van der Waals surface area (Å²) in [6.07, 6.45) is 2.84. The number of carbonyl (C=O) groups is 2. The maximum atomic E-state index is 13.0. The zero-order valence-corrected chi connectivity index (χ0v) is 14.3. The van der Waals surface area contributed by atoms with Crippen molar-refractivity contribution in [3.05, 3.63) is 70.7 Å². The van der Waals surface area contributed by atoms with Gasteiger partial charge in [-0.2, -0.15) is 0 Å². The Morgan fingerprint density at radius 2 is 1.88 bits per heavy atom. The van der Waals surface area contributed by atoms with Crippen LogP contribution in [-0.2, 0) is 11.2 Å². The van der Waals surface area contributed by atoms with Gasteiger partial charge in [-0.25, -0.2) is 9.18 Å². The van der Waals surface area contributed by atoms with Crippen molar-refractivity contribution in [2.45, 2.75) is 6.42 Å². The van der Waals surface area contributed by atoms with Crippen LogP contribution in [0, 0.1) is 5.82 Å². The van der Waals surface area contributed by atoms with Crippen molar-refractivity contribution in [3.63, 3.8) is 0 Å². The summed E-state index contributed by atoms with van der Waals surface area (Å²) in [7, 11) is 2.68. The number of hydrogen-bond acceptors (Lipinski definition) is 5. The van der Waals surface area contributed by atoms with Crippen LogP contribution in [0.15, 0.2) is 42.6 Å². The third-order valence-electron chi connectivity index (χ3n) is 4.07. The first-order valence-corrected chi connectivity index (χ1v) is 7.85. The average molecular weight is 353 g/mol. The molecular formula is C20H16FNO4. The number of esters is 1. The van der Waals surface area contributed by atoms with E-state index in [4.69, 9.17) is 9.47 Å². The number of nitrogens with zero attached hydrogens (tertiary/aromatic N) is 1. The van der Waals surface area contributed by atoms with Gasteiger partial charge >= 0.3 is 5.97 Å². The van der Waals surface area contributed by atoms with Crippen molar-refractivity contribution in [1.29, 1.82) is 0 Å². The molecule has 0 aliphatic rings. The first kappa shape index (κ1) is 17.5. The molecule has 0 atom stereocenters. The van der Waals surface area contributed by atoms with E-state index < -0.39 is 5.97 Å². The second-order valence-electron chi connectivity index (χ2n) is 5.70. The second-order valence-corrected chi connectivity index (χ2v) is 5.70. The predicted octanol–water partition coefficient (Wildman–Crippen LogP) is 3.57. The summed E-state index contributed by atoms with van der Waals surface area (Å²) in [5, 5.41) is 0.573. The highest BCUT2D eigenvalue weighted by Gasteiger charge is 2.20. The van der Waals surface area contributed by atoms with Crippen LogP contribution in [0.2, 0.25) is 0 Å². The van der Waals surface area contributed by atoms with Gasteiger partial charge in [-0.3, -0.25) is 9.78 Å². The predicted molar refractivity (Wildman–Crippen MR) is 94.2 cm³/mol. The van der Waals surface area contributed by atoms with Crippen molar-refractivity contribution in [2.24, 2.45) is 0 Å². The zero-order chi connectivity index (χ0) is 18.7. The summed E-state index contributed by atoms with van der Waals surface area (Å²) in [6, 6.07) is 9.43. The maximum absolute atomic E-state index is 13.0. The second kappa shape index (κ2) is 7.31. The molecule has 0 unspecified atom stereocenters. The van der Waals surface area contributed by atoms with Gasteiger partial charge in [0.25, 0.3) is 0 Å². The fourth-order valence-corrected chi connectivity index (χ4v) is 2.84. The molecule has 0 radical (unpaired) electrons. The van der Waals surface area contributed by atoms with Crippen LogP contribution in [0.25, 0.3) is 10.9 Å². The van der Waals surface area contributed by atoms with Gasteiger partial charge in [0.15, 0.2) is 12.0 Å². The number of rotatable bonds is 5. The molecule has 0 saturated carbocycles. The van der Waals surface area contributed by atoms with Crippen molar-refractivity contribution >= 4 is 23.2 Å². The number of ether oxygens (including phenoxy) is 2. The Labute approximate surface area is 149 Å². The summed E-state index contributed by atoms with van der Waals surface area (Å²) in [5.41, 5.74) is 2.62. The lowest BCUT2D eigenvalue weighted by molar-refractivity contribution is 0.0597. The van der Waals surface area contributed by atoms with Crippen LogP contribution in [0.4, 0.5) is 4.39 Å². The van der Waals surface area contributed by atoms with Crippen molar-refractivity contribution < 1.29 is 23.5 Å². The first-order valence-electron chi connectivity index (χ1n) is 7.85. The largest absolute Gasteiger partial charge is 0.494 e. The molecule has 0 saturated heterocycles. The monoisotopic (exact) mass is 353 g/mol. The van der Waals surface area contributed by atoms with E-state index in [1.807, 2.05) is 6.07 Å². The Bertz CT molecular complexity index is 983. The molecule has 5 nitrogen and oxygen atoms in total. The van der Waals surface area contributed by atoms with Gasteiger partial charge in [-0.1, -0.05) is 12.1 Å². The molecule has 2 aromatic carbocycles. The Hall–Kier alpha value is -3.28. The summed E-state index contributed by atoms with van der Waals surface area (Å²) < 4.78 is 23.1. The van der Waals surface area contributed by atoms with Gasteiger partial charge in [-0.05, 0) is 41.8 Å². The number of aldehydes is 1. The van der Waals surface area contributed by atoms with E-state index in [1.165, 1.54) is 32.4 Å². The zero-order valence-electron chi connectivity index (χ0n) is 14.3. The minimum absolute atomic E-state index is 0.142. The van der Waals surface area contributed by atoms with E-state index in [0.29, 0.717) is 29.2 Å². The molecule has 0 aliphatic carbocycles. The molecule has 0 amide bonds. The maximum Gasteiger partial charge on any atom is 0.341 e. The lowest BCUT2D eigenvalue weighted by Crippen LogP contribution is -2.07. The summed E-state index contributed by atoms with van der Waals surface area (Å²) >= 11 is 0. The number of carbonyl (C=O) groups excluding carboxylic acids is 2. The normalized spacial score (nSPS) is 10.6. The molecule has 132 valence electrons. The molecule has 3 rings (SSSR count). The molecule has 0 N–H and O–H groups in total. The number of fused-ring (bicyclic) bond motifs is 1. The molecule has 1 heterocycles. The van der Waals surface area contributed by atoms with E-state index in [1.54, 1.807) is 18.3 Å². The van der Waals surface area contributed by atoms with Crippen molar-refractivity contribution in [3.8, 4) is 5.75 Å². The van der Waals surface area contributed by atoms with Gasteiger partial charge in [0.05, 0.1) is 14.2 Å². The minimum atomic E-state index is -0.607. The SMILES string of the molecule is COC(=O)c1cc(C=O)c2cc(Cc3ccc(F)cc3)cnc2c1OC. The van der Waals surface area contributed by atoms with Gasteiger partial charge in [0.1, 0.15) is 16.9 Å². The van der Waals surface area contributed by atoms with Crippen LogP contribution in [-0.4, -0.2) is 31.5 Å². The smallest absolute Gasteiger partial charge is 0.341 e. The molecular weight excluding hydrogens is 337 g/mol. The number of pyridine rings is 1. The fourth-order valence-electron chi connectivity index (χ4n) is 2.84. The highest BCUT2D eigenvalue weighted by atomic mass is 19.1. The molecule has 0 aliphatic heterocycles. The lowest BCUT2D eigenvalue weighted by Gasteiger charge is -2.12. The number of halogens is 1. The van der Waals surface area contributed by atoms with Crippen molar-refractivity contribution in [1.82, 2.24) is 4.98 Å². The average Bonchev–Trinajstić information content (AvgIpc) is 2.67. The first-order chi connectivity index (χ1) is 12.6. The highest BCUT2D eigenvalue weighted by molar-refractivity contribution is 6.06. The van der Waals surface area contributed by atoms with Crippen LogP contribution >= 0.6 is 0 Å². The van der Waals surface area contributed by atoms with Gasteiger partial charge < -0.3 is 9.47 Å². The van der Waals surface area contributed by atoms with Crippen LogP contribution in [0.1, 0.15) is 31.8 Å². The molecule has 3 aromatic rings. The molecule has 26 heavy (non-hydrogen) atoms. The third kappa shape index (κ3) is 3.26. The van der Waals surface area contributed by atoms with Gasteiger partial charge in [-0.15, -0.1) is 0 Å². The summed E-state index contributed by atoms with van der Waals surface area (Å²) in [6.45, 7) is 0. The topological polar surface area (TPSA) is 65.5 Å². The van der Waals surface area contributed by atoms with E-state index in [2.05, 4.69) is 4.98 Å². The Balaban J connectivity index is 2.12. The van der Waals surface area contributed by atoms with E-state index >= 15 is 0 Å². The van der Waals surface area contributed by atoms with E-state index in [9.17, 15) is 14.0 Å². The van der Waals surface area contributed by atoms with Gasteiger partial charge in [0, 0.05) is 17.1 Å². The number of methoxy groups -OCH3 is 2. The molecule has 1 aromatic heterocycles.